The number of carbonyl (C=O) groups excluding carboxylic acids is 2. The van der Waals surface area contributed by atoms with E-state index in [1.165, 1.54) is 6.92 Å². The van der Waals surface area contributed by atoms with Crippen molar-refractivity contribution < 1.29 is 19.1 Å². The van der Waals surface area contributed by atoms with Crippen LogP contribution in [0.15, 0.2) is 42.0 Å². The monoisotopic (exact) mass is 232 g/mol. The lowest BCUT2D eigenvalue weighted by molar-refractivity contribution is -0.146. The summed E-state index contributed by atoms with van der Waals surface area (Å²) in [6, 6.07) is 9.12. The minimum atomic E-state index is -0.677. The lowest BCUT2D eigenvalue weighted by Crippen LogP contribution is -2.15. The van der Waals surface area contributed by atoms with Crippen molar-refractivity contribution in [1.29, 1.82) is 0 Å². The summed E-state index contributed by atoms with van der Waals surface area (Å²) in [6.45, 7) is 1.55. The molecule has 0 N–H and O–H groups in total. The van der Waals surface area contributed by atoms with Gasteiger partial charge in [0.15, 0.2) is 6.10 Å². The molecule has 1 unspecified atom stereocenters. The maximum Gasteiger partial charge on any atom is 0.338 e. The minimum absolute atomic E-state index is 0.235. The molecule has 4 heteroatoms. The van der Waals surface area contributed by atoms with E-state index < -0.39 is 18.0 Å². The molecule has 0 radical (unpaired) electrons. The Kier molecular flexibility index (Phi) is 3.23. The molecule has 88 valence electrons. The molecule has 1 aliphatic rings. The maximum absolute atomic E-state index is 11.5. The van der Waals surface area contributed by atoms with Gasteiger partial charge in [-0.15, -0.1) is 0 Å². The van der Waals surface area contributed by atoms with Gasteiger partial charge in [-0.3, -0.25) is 4.79 Å². The second-order valence-corrected chi connectivity index (χ2v) is 3.66. The lowest BCUT2D eigenvalue weighted by Gasteiger charge is -2.16. The molecule has 1 aliphatic heterocycles. The van der Waals surface area contributed by atoms with Crippen LogP contribution in [-0.2, 0) is 19.1 Å². The van der Waals surface area contributed by atoms with Gasteiger partial charge in [-0.1, -0.05) is 30.3 Å². The zero-order valence-corrected chi connectivity index (χ0v) is 9.38. The Balaban J connectivity index is 2.32. The zero-order chi connectivity index (χ0) is 12.3. The van der Waals surface area contributed by atoms with E-state index in [-0.39, 0.29) is 6.61 Å². The van der Waals surface area contributed by atoms with E-state index in [0.717, 1.165) is 5.56 Å². The summed E-state index contributed by atoms with van der Waals surface area (Å²) in [4.78, 5) is 22.6. The van der Waals surface area contributed by atoms with Crippen LogP contribution >= 0.6 is 0 Å². The third-order valence-corrected chi connectivity index (χ3v) is 2.42. The van der Waals surface area contributed by atoms with Gasteiger partial charge in [-0.05, 0) is 11.6 Å². The van der Waals surface area contributed by atoms with E-state index in [2.05, 4.69) is 0 Å². The van der Waals surface area contributed by atoms with Crippen LogP contribution in [0.25, 0.3) is 0 Å². The normalized spacial score (nSPS) is 16.1. The molecule has 4 nitrogen and oxygen atoms in total. The number of esters is 2. The summed E-state index contributed by atoms with van der Waals surface area (Å²) in [5.74, 6) is -0.862. The van der Waals surface area contributed by atoms with Gasteiger partial charge < -0.3 is 9.47 Å². The molecule has 0 bridgehead atoms. The second kappa shape index (κ2) is 4.82. The predicted molar refractivity (Wildman–Crippen MR) is 60.0 cm³/mol. The van der Waals surface area contributed by atoms with Crippen molar-refractivity contribution in [2.75, 3.05) is 6.61 Å². The van der Waals surface area contributed by atoms with Crippen LogP contribution in [0.4, 0.5) is 0 Å². The summed E-state index contributed by atoms with van der Waals surface area (Å²) in [5.41, 5.74) is 1.14. The molecular weight excluding hydrogens is 220 g/mol. The van der Waals surface area contributed by atoms with E-state index in [1.54, 1.807) is 18.2 Å². The Labute approximate surface area is 98.8 Å². The topological polar surface area (TPSA) is 52.6 Å². The number of carbonyl (C=O) groups is 2. The number of cyclic esters (lactones) is 1. The standard InChI is InChI=1S/C13H12O4/c1-9(14)17-12(10-5-3-2-4-6-10)11-7-8-16-13(11)15/h2-7,12H,8H2,1H3. The molecule has 0 amide bonds. The van der Waals surface area contributed by atoms with Gasteiger partial charge >= 0.3 is 11.9 Å². The van der Waals surface area contributed by atoms with Crippen LogP contribution in [0.3, 0.4) is 0 Å². The van der Waals surface area contributed by atoms with Crippen LogP contribution in [0.1, 0.15) is 18.6 Å². The highest BCUT2D eigenvalue weighted by molar-refractivity contribution is 5.92. The van der Waals surface area contributed by atoms with Gasteiger partial charge in [0.1, 0.15) is 6.61 Å². The van der Waals surface area contributed by atoms with Crippen LogP contribution in [0.5, 0.6) is 0 Å². The third-order valence-electron chi connectivity index (χ3n) is 2.42. The second-order valence-electron chi connectivity index (χ2n) is 3.66. The van der Waals surface area contributed by atoms with Gasteiger partial charge in [0, 0.05) is 6.92 Å². The molecule has 0 spiro atoms. The minimum Gasteiger partial charge on any atom is -0.458 e. The van der Waals surface area contributed by atoms with Gasteiger partial charge in [0.25, 0.3) is 0 Å². The molecule has 17 heavy (non-hydrogen) atoms. The van der Waals surface area contributed by atoms with Crippen molar-refractivity contribution in [2.24, 2.45) is 0 Å². The molecule has 1 aromatic carbocycles. The molecular formula is C13H12O4. The SMILES string of the molecule is CC(=O)OC(C1=CCOC1=O)c1ccccc1. The highest BCUT2D eigenvalue weighted by atomic mass is 16.6. The van der Waals surface area contributed by atoms with Crippen LogP contribution in [0.2, 0.25) is 0 Å². The first-order valence-electron chi connectivity index (χ1n) is 5.28. The molecule has 0 saturated heterocycles. The maximum atomic E-state index is 11.5. The van der Waals surface area contributed by atoms with E-state index in [9.17, 15) is 9.59 Å². The van der Waals surface area contributed by atoms with Crippen molar-refractivity contribution in [2.45, 2.75) is 13.0 Å². The Morgan fingerprint density at radius 1 is 1.35 bits per heavy atom. The van der Waals surface area contributed by atoms with Crippen molar-refractivity contribution in [3.05, 3.63) is 47.5 Å². The number of hydrogen-bond donors (Lipinski definition) is 0. The first-order chi connectivity index (χ1) is 8.18. The molecule has 0 aromatic heterocycles. The lowest BCUT2D eigenvalue weighted by atomic mass is 10.0. The molecule has 1 aromatic rings. The van der Waals surface area contributed by atoms with Gasteiger partial charge in [0.05, 0.1) is 5.57 Å². The fraction of sp³-hybridized carbons (Fsp3) is 0.231. The molecule has 0 fully saturated rings. The van der Waals surface area contributed by atoms with Crippen LogP contribution < -0.4 is 0 Å². The summed E-state index contributed by atoms with van der Waals surface area (Å²) >= 11 is 0. The quantitative estimate of drug-likeness (QED) is 0.745. The number of benzene rings is 1. The Hall–Kier alpha value is -2.10. The molecule has 0 aliphatic carbocycles. The van der Waals surface area contributed by atoms with Gasteiger partial charge in [-0.2, -0.15) is 0 Å². The average Bonchev–Trinajstić information content (AvgIpc) is 2.73. The number of hydrogen-bond acceptors (Lipinski definition) is 4. The summed E-state index contributed by atoms with van der Waals surface area (Å²) in [6.07, 6.45) is 0.965. The van der Waals surface area contributed by atoms with Crippen LogP contribution in [0, 0.1) is 0 Å². The fourth-order valence-corrected chi connectivity index (χ4v) is 1.69. The smallest absolute Gasteiger partial charge is 0.338 e. The van der Waals surface area contributed by atoms with Crippen molar-refractivity contribution in [1.82, 2.24) is 0 Å². The van der Waals surface area contributed by atoms with E-state index in [0.29, 0.717) is 5.57 Å². The summed E-state index contributed by atoms with van der Waals surface area (Å²) in [5, 5.41) is 0. The van der Waals surface area contributed by atoms with E-state index in [1.807, 2.05) is 18.2 Å². The number of ether oxygens (including phenoxy) is 2. The fourth-order valence-electron chi connectivity index (χ4n) is 1.69. The zero-order valence-electron chi connectivity index (χ0n) is 9.38. The average molecular weight is 232 g/mol. The van der Waals surface area contributed by atoms with E-state index >= 15 is 0 Å². The Morgan fingerprint density at radius 2 is 2.06 bits per heavy atom. The van der Waals surface area contributed by atoms with Crippen molar-refractivity contribution in [3.8, 4) is 0 Å². The Morgan fingerprint density at radius 3 is 2.59 bits per heavy atom. The van der Waals surface area contributed by atoms with Crippen molar-refractivity contribution in [3.63, 3.8) is 0 Å². The highest BCUT2D eigenvalue weighted by Crippen LogP contribution is 2.29. The van der Waals surface area contributed by atoms with Gasteiger partial charge in [-0.25, -0.2) is 4.79 Å². The first kappa shape index (κ1) is 11.4. The summed E-state index contributed by atoms with van der Waals surface area (Å²) in [7, 11) is 0. The Bertz CT molecular complexity index is 462. The molecule has 1 atom stereocenters. The van der Waals surface area contributed by atoms with Crippen LogP contribution in [-0.4, -0.2) is 18.5 Å². The number of rotatable bonds is 3. The van der Waals surface area contributed by atoms with Gasteiger partial charge in [0.2, 0.25) is 0 Å². The molecule has 2 rings (SSSR count). The highest BCUT2D eigenvalue weighted by Gasteiger charge is 2.29. The first-order valence-corrected chi connectivity index (χ1v) is 5.28. The predicted octanol–water partition coefficient (Wildman–Crippen LogP) is 1.77. The largest absolute Gasteiger partial charge is 0.458 e. The van der Waals surface area contributed by atoms with E-state index in [4.69, 9.17) is 9.47 Å². The van der Waals surface area contributed by atoms with Crippen molar-refractivity contribution >= 4 is 11.9 Å². The molecule has 0 saturated carbocycles. The molecule has 1 heterocycles. The third kappa shape index (κ3) is 2.53. The summed E-state index contributed by atoms with van der Waals surface area (Å²) < 4.78 is 10.0.